The van der Waals surface area contributed by atoms with Crippen molar-refractivity contribution < 1.29 is 19.0 Å². The topological polar surface area (TPSA) is 60.0 Å². The molecule has 1 aliphatic rings. The molecular formula is C23H20Cl2N2O4. The predicted octanol–water partition coefficient (Wildman–Crippen LogP) is 5.97. The molecule has 3 aromatic carbocycles. The van der Waals surface area contributed by atoms with Gasteiger partial charge in [-0.1, -0.05) is 41.4 Å². The van der Waals surface area contributed by atoms with Gasteiger partial charge in [-0.25, -0.2) is 4.79 Å². The molecule has 6 nitrogen and oxygen atoms in total. The summed E-state index contributed by atoms with van der Waals surface area (Å²) < 4.78 is 16.1. The normalized spacial score (nSPS) is 11.8. The molecule has 0 radical (unpaired) electrons. The van der Waals surface area contributed by atoms with Crippen LogP contribution in [0, 0.1) is 0 Å². The molecule has 0 atom stereocenters. The maximum absolute atomic E-state index is 13.2. The first-order chi connectivity index (χ1) is 15.0. The highest BCUT2D eigenvalue weighted by atomic mass is 35.5. The SMILES string of the molecule is COc1ccc(CN(Cc2ccc3c(c2)OCO3)C(=O)Nc2ccc(Cl)cc2Cl)cc1. The van der Waals surface area contributed by atoms with Gasteiger partial charge < -0.3 is 24.4 Å². The van der Waals surface area contributed by atoms with Crippen molar-refractivity contribution in [1.82, 2.24) is 4.90 Å². The van der Waals surface area contributed by atoms with Crippen LogP contribution in [0.15, 0.2) is 60.7 Å². The average molecular weight is 459 g/mol. The molecule has 160 valence electrons. The summed E-state index contributed by atoms with van der Waals surface area (Å²) in [4.78, 5) is 14.8. The quantitative estimate of drug-likeness (QED) is 0.494. The van der Waals surface area contributed by atoms with Crippen LogP contribution in [0.4, 0.5) is 10.5 Å². The number of nitrogens with zero attached hydrogens (tertiary/aromatic N) is 1. The van der Waals surface area contributed by atoms with Crippen LogP contribution in [-0.4, -0.2) is 24.8 Å². The van der Waals surface area contributed by atoms with Crippen LogP contribution in [0.3, 0.4) is 0 Å². The van der Waals surface area contributed by atoms with E-state index in [9.17, 15) is 4.79 Å². The van der Waals surface area contributed by atoms with Gasteiger partial charge in [-0.05, 0) is 53.6 Å². The largest absolute Gasteiger partial charge is 0.497 e. The highest BCUT2D eigenvalue weighted by molar-refractivity contribution is 6.36. The van der Waals surface area contributed by atoms with Crippen molar-refractivity contribution in [2.45, 2.75) is 13.1 Å². The van der Waals surface area contributed by atoms with E-state index in [4.69, 9.17) is 37.4 Å². The van der Waals surface area contributed by atoms with Gasteiger partial charge >= 0.3 is 6.03 Å². The molecule has 4 rings (SSSR count). The molecule has 0 saturated heterocycles. The first-order valence-corrected chi connectivity index (χ1v) is 10.3. The van der Waals surface area contributed by atoms with Gasteiger partial charge in [0.25, 0.3) is 0 Å². The Morgan fingerprint density at radius 3 is 2.42 bits per heavy atom. The van der Waals surface area contributed by atoms with Crippen LogP contribution in [0.1, 0.15) is 11.1 Å². The highest BCUT2D eigenvalue weighted by Crippen LogP contribution is 2.33. The number of urea groups is 1. The molecule has 0 fully saturated rings. The molecule has 0 aromatic heterocycles. The molecule has 0 aliphatic carbocycles. The zero-order chi connectivity index (χ0) is 21.8. The first-order valence-electron chi connectivity index (χ1n) is 9.54. The molecule has 0 spiro atoms. The lowest BCUT2D eigenvalue weighted by atomic mass is 10.1. The number of carbonyl (C=O) groups is 1. The summed E-state index contributed by atoms with van der Waals surface area (Å²) in [5, 5.41) is 3.74. The second-order valence-electron chi connectivity index (χ2n) is 6.95. The summed E-state index contributed by atoms with van der Waals surface area (Å²) in [6, 6.07) is 17.9. The maximum Gasteiger partial charge on any atom is 0.322 e. The van der Waals surface area contributed by atoms with Gasteiger partial charge in [0.15, 0.2) is 11.5 Å². The van der Waals surface area contributed by atoms with Gasteiger partial charge in [-0.2, -0.15) is 0 Å². The van der Waals surface area contributed by atoms with Crippen molar-refractivity contribution in [3.63, 3.8) is 0 Å². The van der Waals surface area contributed by atoms with E-state index >= 15 is 0 Å². The predicted molar refractivity (Wildman–Crippen MR) is 120 cm³/mol. The Balaban J connectivity index is 1.56. The fourth-order valence-corrected chi connectivity index (χ4v) is 3.65. The van der Waals surface area contributed by atoms with E-state index in [2.05, 4.69) is 5.32 Å². The van der Waals surface area contributed by atoms with E-state index in [1.807, 2.05) is 42.5 Å². The third-order valence-corrected chi connectivity index (χ3v) is 5.35. The molecule has 0 unspecified atom stereocenters. The number of anilines is 1. The van der Waals surface area contributed by atoms with Crippen LogP contribution in [0.25, 0.3) is 0 Å². The Bertz CT molecular complexity index is 1090. The Kier molecular flexibility index (Phi) is 6.39. The van der Waals surface area contributed by atoms with Crippen molar-refractivity contribution >= 4 is 34.9 Å². The summed E-state index contributed by atoms with van der Waals surface area (Å²) in [6.45, 7) is 0.944. The average Bonchev–Trinajstić information content (AvgIpc) is 3.23. The van der Waals surface area contributed by atoms with Crippen molar-refractivity contribution in [2.24, 2.45) is 0 Å². The summed E-state index contributed by atoms with van der Waals surface area (Å²) >= 11 is 12.2. The Morgan fingerprint density at radius 2 is 1.68 bits per heavy atom. The highest BCUT2D eigenvalue weighted by Gasteiger charge is 2.19. The fraction of sp³-hybridized carbons (Fsp3) is 0.174. The Labute approximate surface area is 190 Å². The van der Waals surface area contributed by atoms with E-state index in [1.54, 1.807) is 30.2 Å². The lowest BCUT2D eigenvalue weighted by Gasteiger charge is -2.24. The van der Waals surface area contributed by atoms with Gasteiger partial charge in [-0.15, -0.1) is 0 Å². The smallest absolute Gasteiger partial charge is 0.322 e. The molecule has 2 amide bonds. The van der Waals surface area contributed by atoms with Gasteiger partial charge in [0.2, 0.25) is 6.79 Å². The number of halogens is 2. The van der Waals surface area contributed by atoms with Crippen molar-refractivity contribution in [3.05, 3.63) is 81.8 Å². The van der Waals surface area contributed by atoms with E-state index < -0.39 is 0 Å². The second-order valence-corrected chi connectivity index (χ2v) is 7.79. The standard InChI is InChI=1S/C23H20Cl2N2O4/c1-29-18-6-2-15(3-7-18)12-27(13-16-4-9-21-22(10-16)31-14-30-21)23(28)26-20-8-5-17(24)11-19(20)25/h2-11H,12-14H2,1H3,(H,26,28). The van der Waals surface area contributed by atoms with E-state index in [0.717, 1.165) is 16.9 Å². The second kappa shape index (κ2) is 9.37. The fourth-order valence-electron chi connectivity index (χ4n) is 3.20. The lowest BCUT2D eigenvalue weighted by molar-refractivity contribution is 0.174. The molecule has 1 N–H and O–H groups in total. The summed E-state index contributed by atoms with van der Waals surface area (Å²) in [5.74, 6) is 2.12. The molecule has 1 aliphatic heterocycles. The minimum Gasteiger partial charge on any atom is -0.497 e. The zero-order valence-corrected chi connectivity index (χ0v) is 18.2. The molecule has 0 bridgehead atoms. The maximum atomic E-state index is 13.2. The minimum atomic E-state index is -0.294. The molecule has 8 heteroatoms. The number of hydrogen-bond acceptors (Lipinski definition) is 4. The van der Waals surface area contributed by atoms with E-state index in [0.29, 0.717) is 40.3 Å². The molecule has 3 aromatic rings. The summed E-state index contributed by atoms with van der Waals surface area (Å²) in [7, 11) is 1.62. The third kappa shape index (κ3) is 5.16. The van der Waals surface area contributed by atoms with Crippen LogP contribution in [0.5, 0.6) is 17.2 Å². The number of amides is 2. The number of methoxy groups -OCH3 is 1. The monoisotopic (exact) mass is 458 g/mol. The van der Waals surface area contributed by atoms with E-state index in [1.165, 1.54) is 0 Å². The van der Waals surface area contributed by atoms with Gasteiger partial charge in [0.1, 0.15) is 5.75 Å². The molecule has 1 heterocycles. The molecule has 0 saturated carbocycles. The lowest BCUT2D eigenvalue weighted by Crippen LogP contribution is -2.34. The number of ether oxygens (including phenoxy) is 3. The minimum absolute atomic E-state index is 0.198. The molecular weight excluding hydrogens is 439 g/mol. The zero-order valence-electron chi connectivity index (χ0n) is 16.7. The van der Waals surface area contributed by atoms with Crippen molar-refractivity contribution in [3.8, 4) is 17.2 Å². The van der Waals surface area contributed by atoms with Crippen LogP contribution < -0.4 is 19.5 Å². The van der Waals surface area contributed by atoms with Crippen LogP contribution >= 0.6 is 23.2 Å². The molecule has 31 heavy (non-hydrogen) atoms. The number of rotatable bonds is 6. The summed E-state index contributed by atoms with van der Waals surface area (Å²) in [6.07, 6.45) is 0. The first kappa shape index (κ1) is 21.2. The van der Waals surface area contributed by atoms with Crippen LogP contribution in [-0.2, 0) is 13.1 Å². The van der Waals surface area contributed by atoms with E-state index in [-0.39, 0.29) is 12.8 Å². The van der Waals surface area contributed by atoms with Crippen molar-refractivity contribution in [2.75, 3.05) is 19.2 Å². The number of nitrogens with one attached hydrogen (secondary N) is 1. The number of carbonyl (C=O) groups excluding carboxylic acids is 1. The summed E-state index contributed by atoms with van der Waals surface area (Å²) in [5.41, 5.74) is 2.36. The van der Waals surface area contributed by atoms with Crippen molar-refractivity contribution in [1.29, 1.82) is 0 Å². The Hall–Kier alpha value is -3.09. The van der Waals surface area contributed by atoms with Gasteiger partial charge in [0, 0.05) is 18.1 Å². The number of hydrogen-bond donors (Lipinski definition) is 1. The van der Waals surface area contributed by atoms with Gasteiger partial charge in [0.05, 0.1) is 17.8 Å². The third-order valence-electron chi connectivity index (χ3n) is 4.80. The van der Waals surface area contributed by atoms with Gasteiger partial charge in [-0.3, -0.25) is 0 Å². The van der Waals surface area contributed by atoms with Crippen LogP contribution in [0.2, 0.25) is 10.0 Å². The number of benzene rings is 3. The number of fused-ring (bicyclic) bond motifs is 1. The Morgan fingerprint density at radius 1 is 0.968 bits per heavy atom.